The van der Waals surface area contributed by atoms with Crippen LogP contribution in [0.2, 0.25) is 0 Å². The van der Waals surface area contributed by atoms with Crippen LogP contribution in [-0.2, 0) is 16.4 Å². The summed E-state index contributed by atoms with van der Waals surface area (Å²) in [5.74, 6) is 0.151. The van der Waals surface area contributed by atoms with E-state index in [2.05, 4.69) is 5.32 Å². The summed E-state index contributed by atoms with van der Waals surface area (Å²) in [4.78, 5) is 0. The van der Waals surface area contributed by atoms with Crippen LogP contribution >= 0.6 is 0 Å². The first kappa shape index (κ1) is 12.4. The Labute approximate surface area is 103 Å². The molecule has 17 heavy (non-hydrogen) atoms. The van der Waals surface area contributed by atoms with E-state index in [4.69, 9.17) is 0 Å². The van der Waals surface area contributed by atoms with Gasteiger partial charge in [0.1, 0.15) is 0 Å². The number of nitrogens with one attached hydrogen (secondary N) is 1. The number of hydrogen-bond acceptors (Lipinski definition) is 3. The van der Waals surface area contributed by atoms with Crippen LogP contribution in [0.5, 0.6) is 0 Å². The summed E-state index contributed by atoms with van der Waals surface area (Å²) in [6.07, 6.45) is 1.87. The van der Waals surface area contributed by atoms with Gasteiger partial charge in [-0.1, -0.05) is 18.2 Å². The maximum Gasteiger partial charge on any atom is 0.236 e. The number of sulfonamides is 1. The Morgan fingerprint density at radius 3 is 2.88 bits per heavy atom. The molecule has 1 aromatic rings. The van der Waals surface area contributed by atoms with Crippen LogP contribution in [-0.4, -0.2) is 34.3 Å². The molecule has 5 heteroatoms. The van der Waals surface area contributed by atoms with Crippen molar-refractivity contribution in [3.63, 3.8) is 0 Å². The molecule has 0 saturated heterocycles. The van der Waals surface area contributed by atoms with Crippen LogP contribution in [0, 0.1) is 0 Å². The second-order valence-electron chi connectivity index (χ2n) is 4.22. The molecule has 0 unspecified atom stereocenters. The lowest BCUT2D eigenvalue weighted by atomic mass is 10.0. The maximum absolute atomic E-state index is 12.2. The van der Waals surface area contributed by atoms with E-state index in [-0.39, 0.29) is 5.75 Å². The minimum Gasteiger partial charge on any atom is -0.319 e. The molecule has 0 aromatic heterocycles. The number of aryl methyl sites for hydroxylation is 1. The largest absolute Gasteiger partial charge is 0.319 e. The summed E-state index contributed by atoms with van der Waals surface area (Å²) in [6, 6.07) is 7.76. The van der Waals surface area contributed by atoms with Gasteiger partial charge in [-0.25, -0.2) is 8.42 Å². The van der Waals surface area contributed by atoms with Gasteiger partial charge in [0, 0.05) is 13.1 Å². The summed E-state index contributed by atoms with van der Waals surface area (Å²) in [5.41, 5.74) is 1.99. The van der Waals surface area contributed by atoms with E-state index in [1.165, 1.54) is 0 Å². The molecule has 0 atom stereocenters. The highest BCUT2D eigenvalue weighted by Gasteiger charge is 2.26. The third kappa shape index (κ3) is 2.61. The van der Waals surface area contributed by atoms with E-state index in [9.17, 15) is 8.42 Å². The number of para-hydroxylation sites is 1. The Kier molecular flexibility index (Phi) is 3.69. The van der Waals surface area contributed by atoms with Crippen molar-refractivity contribution < 1.29 is 8.42 Å². The molecule has 0 fully saturated rings. The Morgan fingerprint density at radius 2 is 2.12 bits per heavy atom. The van der Waals surface area contributed by atoms with Crippen LogP contribution in [0.15, 0.2) is 24.3 Å². The summed E-state index contributed by atoms with van der Waals surface area (Å²) in [7, 11) is -1.42. The zero-order chi connectivity index (χ0) is 12.3. The summed E-state index contributed by atoms with van der Waals surface area (Å²) < 4.78 is 25.9. The monoisotopic (exact) mass is 254 g/mol. The highest BCUT2D eigenvalue weighted by Crippen LogP contribution is 2.28. The number of anilines is 1. The molecule has 0 saturated carbocycles. The average molecular weight is 254 g/mol. The summed E-state index contributed by atoms with van der Waals surface area (Å²) in [5, 5.41) is 2.88. The van der Waals surface area contributed by atoms with Crippen LogP contribution in [0.4, 0.5) is 5.69 Å². The fourth-order valence-corrected chi connectivity index (χ4v) is 3.70. The molecule has 0 bridgehead atoms. The molecular weight excluding hydrogens is 236 g/mol. The third-order valence-corrected chi connectivity index (χ3v) is 4.78. The van der Waals surface area contributed by atoms with Crippen molar-refractivity contribution in [2.24, 2.45) is 0 Å². The number of hydrogen-bond donors (Lipinski definition) is 1. The van der Waals surface area contributed by atoms with Crippen molar-refractivity contribution in [1.82, 2.24) is 5.32 Å². The van der Waals surface area contributed by atoms with Crippen molar-refractivity contribution in [3.05, 3.63) is 29.8 Å². The molecule has 1 aliphatic heterocycles. The van der Waals surface area contributed by atoms with Gasteiger partial charge in [0.25, 0.3) is 0 Å². The minimum atomic E-state index is -3.19. The Balaban J connectivity index is 2.29. The third-order valence-electron chi connectivity index (χ3n) is 3.01. The Bertz CT molecular complexity index is 485. The summed E-state index contributed by atoms with van der Waals surface area (Å²) >= 11 is 0. The van der Waals surface area contributed by atoms with Gasteiger partial charge in [0.15, 0.2) is 0 Å². The normalized spacial score (nSPS) is 15.7. The SMILES string of the molecule is CNCCS(=O)(=O)N1CCCc2ccccc21. The predicted molar refractivity (Wildman–Crippen MR) is 69.8 cm³/mol. The van der Waals surface area contributed by atoms with Crippen molar-refractivity contribution >= 4 is 15.7 Å². The standard InChI is InChI=1S/C12H18N2O2S/c1-13-8-10-17(15,16)14-9-4-6-11-5-2-3-7-12(11)14/h2-3,5,7,13H,4,6,8-10H2,1H3. The van der Waals surface area contributed by atoms with Crippen LogP contribution in [0.3, 0.4) is 0 Å². The van der Waals surface area contributed by atoms with E-state index >= 15 is 0 Å². The van der Waals surface area contributed by atoms with Crippen molar-refractivity contribution in [3.8, 4) is 0 Å². The topological polar surface area (TPSA) is 49.4 Å². The first-order valence-electron chi connectivity index (χ1n) is 5.88. The molecule has 1 N–H and O–H groups in total. The Morgan fingerprint density at radius 1 is 1.35 bits per heavy atom. The van der Waals surface area contributed by atoms with Gasteiger partial charge in [0.2, 0.25) is 10.0 Å². The van der Waals surface area contributed by atoms with E-state index in [0.29, 0.717) is 13.1 Å². The molecule has 2 rings (SSSR count). The lowest BCUT2D eigenvalue weighted by molar-refractivity contribution is 0.584. The van der Waals surface area contributed by atoms with Crippen molar-refractivity contribution in [1.29, 1.82) is 0 Å². The van der Waals surface area contributed by atoms with Gasteiger partial charge in [-0.05, 0) is 31.5 Å². The predicted octanol–water partition coefficient (Wildman–Crippen LogP) is 0.988. The van der Waals surface area contributed by atoms with Gasteiger partial charge in [-0.15, -0.1) is 0 Å². The molecule has 1 aromatic carbocycles. The molecule has 4 nitrogen and oxygen atoms in total. The first-order chi connectivity index (χ1) is 8.15. The van der Waals surface area contributed by atoms with Crippen molar-refractivity contribution in [2.45, 2.75) is 12.8 Å². The minimum absolute atomic E-state index is 0.151. The van der Waals surface area contributed by atoms with Gasteiger partial charge in [0.05, 0.1) is 11.4 Å². The van der Waals surface area contributed by atoms with Gasteiger partial charge >= 0.3 is 0 Å². The zero-order valence-corrected chi connectivity index (χ0v) is 10.8. The number of fused-ring (bicyclic) bond motifs is 1. The molecule has 0 amide bonds. The lowest BCUT2D eigenvalue weighted by Crippen LogP contribution is -2.39. The highest BCUT2D eigenvalue weighted by molar-refractivity contribution is 7.92. The average Bonchev–Trinajstić information content (AvgIpc) is 2.36. The van der Waals surface area contributed by atoms with E-state index in [1.54, 1.807) is 11.4 Å². The van der Waals surface area contributed by atoms with Gasteiger partial charge in [-0.3, -0.25) is 4.31 Å². The maximum atomic E-state index is 12.2. The number of rotatable bonds is 4. The van der Waals surface area contributed by atoms with E-state index in [0.717, 1.165) is 24.1 Å². The molecule has 1 heterocycles. The molecule has 0 aliphatic carbocycles. The smallest absolute Gasteiger partial charge is 0.236 e. The van der Waals surface area contributed by atoms with E-state index < -0.39 is 10.0 Å². The Hall–Kier alpha value is -1.07. The van der Waals surface area contributed by atoms with Crippen LogP contribution < -0.4 is 9.62 Å². The lowest BCUT2D eigenvalue weighted by Gasteiger charge is -2.30. The number of benzene rings is 1. The van der Waals surface area contributed by atoms with Crippen molar-refractivity contribution in [2.75, 3.05) is 30.2 Å². The number of nitrogens with zero attached hydrogens (tertiary/aromatic N) is 1. The fraction of sp³-hybridized carbons (Fsp3) is 0.500. The fourth-order valence-electron chi connectivity index (χ4n) is 2.13. The highest BCUT2D eigenvalue weighted by atomic mass is 32.2. The van der Waals surface area contributed by atoms with Gasteiger partial charge < -0.3 is 5.32 Å². The molecular formula is C12H18N2O2S. The molecule has 1 aliphatic rings. The van der Waals surface area contributed by atoms with Crippen LogP contribution in [0.1, 0.15) is 12.0 Å². The van der Waals surface area contributed by atoms with Crippen LogP contribution in [0.25, 0.3) is 0 Å². The first-order valence-corrected chi connectivity index (χ1v) is 7.49. The second-order valence-corrected chi connectivity index (χ2v) is 6.24. The van der Waals surface area contributed by atoms with Gasteiger partial charge in [-0.2, -0.15) is 0 Å². The summed E-state index contributed by atoms with van der Waals surface area (Å²) in [6.45, 7) is 1.09. The molecule has 94 valence electrons. The quantitative estimate of drug-likeness (QED) is 0.871. The molecule has 0 radical (unpaired) electrons. The second kappa shape index (κ2) is 5.06. The zero-order valence-electron chi connectivity index (χ0n) is 10.0. The molecule has 0 spiro atoms. The van der Waals surface area contributed by atoms with E-state index in [1.807, 2.05) is 24.3 Å².